The summed E-state index contributed by atoms with van der Waals surface area (Å²) in [5.41, 5.74) is 0. The van der Waals surface area contributed by atoms with Crippen LogP contribution in [0.25, 0.3) is 0 Å². The van der Waals surface area contributed by atoms with Gasteiger partial charge in [0, 0.05) is 13.1 Å². The van der Waals surface area contributed by atoms with Gasteiger partial charge in [-0.25, -0.2) is 8.42 Å². The predicted octanol–water partition coefficient (Wildman–Crippen LogP) is 2.39. The van der Waals surface area contributed by atoms with Crippen LogP contribution in [0.1, 0.15) is 26.7 Å². The molecular weight excluding hydrogens is 292 g/mol. The fourth-order valence-corrected chi connectivity index (χ4v) is 5.08. The zero-order valence-corrected chi connectivity index (χ0v) is 13.8. The maximum absolute atomic E-state index is 12.4. The summed E-state index contributed by atoms with van der Waals surface area (Å²) in [5.74, 6) is 1.26. The number of piperidine rings is 1. The van der Waals surface area contributed by atoms with Crippen LogP contribution in [0, 0.1) is 11.8 Å². The van der Waals surface area contributed by atoms with Crippen molar-refractivity contribution in [3.05, 3.63) is 17.5 Å². The molecule has 1 saturated heterocycles. The van der Waals surface area contributed by atoms with Crippen molar-refractivity contribution in [1.29, 1.82) is 0 Å². The van der Waals surface area contributed by atoms with E-state index in [2.05, 4.69) is 19.2 Å². The van der Waals surface area contributed by atoms with Gasteiger partial charge in [-0.2, -0.15) is 4.31 Å². The molecule has 1 fully saturated rings. The summed E-state index contributed by atoms with van der Waals surface area (Å²) in [4.78, 5) is 0. The monoisotopic (exact) mass is 316 g/mol. The number of thiophene rings is 1. The number of sulfonamides is 1. The van der Waals surface area contributed by atoms with Crippen molar-refractivity contribution < 1.29 is 8.42 Å². The van der Waals surface area contributed by atoms with Crippen molar-refractivity contribution in [3.8, 4) is 0 Å². The first-order valence-corrected chi connectivity index (χ1v) is 9.56. The van der Waals surface area contributed by atoms with Crippen LogP contribution in [0.15, 0.2) is 21.7 Å². The Balaban J connectivity index is 1.82. The zero-order chi connectivity index (χ0) is 14.6. The van der Waals surface area contributed by atoms with Crippen LogP contribution >= 0.6 is 11.3 Å². The van der Waals surface area contributed by atoms with E-state index >= 15 is 0 Å². The SMILES string of the molecule is CC(C)CNCC1CCN(S(=O)(=O)c2cccs2)CC1. The lowest BCUT2D eigenvalue weighted by Gasteiger charge is -2.31. The second-order valence-electron chi connectivity index (χ2n) is 5.83. The second-order valence-corrected chi connectivity index (χ2v) is 8.94. The first-order valence-electron chi connectivity index (χ1n) is 7.24. The molecule has 1 aromatic heterocycles. The Morgan fingerprint density at radius 2 is 2.10 bits per heavy atom. The molecule has 1 aliphatic rings. The van der Waals surface area contributed by atoms with E-state index < -0.39 is 10.0 Å². The lowest BCUT2D eigenvalue weighted by atomic mass is 9.98. The quantitative estimate of drug-likeness (QED) is 0.877. The predicted molar refractivity (Wildman–Crippen MR) is 83.5 cm³/mol. The van der Waals surface area contributed by atoms with Gasteiger partial charge in [-0.15, -0.1) is 11.3 Å². The highest BCUT2D eigenvalue weighted by Crippen LogP contribution is 2.25. The molecule has 0 aromatic carbocycles. The first kappa shape index (κ1) is 15.9. The fourth-order valence-electron chi connectivity index (χ4n) is 2.47. The van der Waals surface area contributed by atoms with Crippen LogP contribution in [-0.4, -0.2) is 38.9 Å². The van der Waals surface area contributed by atoms with Gasteiger partial charge in [-0.3, -0.25) is 0 Å². The standard InChI is InChI=1S/C14H24N2O2S2/c1-12(2)10-15-11-13-5-7-16(8-6-13)20(17,18)14-4-3-9-19-14/h3-4,9,12-13,15H,5-8,10-11H2,1-2H3. The highest BCUT2D eigenvalue weighted by molar-refractivity contribution is 7.91. The molecule has 0 atom stereocenters. The third-order valence-corrected chi connectivity index (χ3v) is 6.92. The van der Waals surface area contributed by atoms with Crippen LogP contribution in [0.3, 0.4) is 0 Å². The van der Waals surface area contributed by atoms with E-state index in [0.29, 0.717) is 29.1 Å². The number of rotatable bonds is 6. The Morgan fingerprint density at radius 3 is 2.65 bits per heavy atom. The Kier molecular flexibility index (Phi) is 5.60. The summed E-state index contributed by atoms with van der Waals surface area (Å²) < 4.78 is 26.9. The molecule has 6 heteroatoms. The molecule has 2 rings (SSSR count). The summed E-state index contributed by atoms with van der Waals surface area (Å²) in [6, 6.07) is 3.48. The molecule has 0 aliphatic carbocycles. The number of hydrogen-bond donors (Lipinski definition) is 1. The minimum absolute atomic E-state index is 0.467. The van der Waals surface area contributed by atoms with Crippen molar-refractivity contribution in [2.45, 2.75) is 30.9 Å². The Labute approximate surface area is 126 Å². The minimum atomic E-state index is -3.24. The summed E-state index contributed by atoms with van der Waals surface area (Å²) in [6.45, 7) is 7.73. The van der Waals surface area contributed by atoms with Gasteiger partial charge < -0.3 is 5.32 Å². The molecule has 0 bridgehead atoms. The molecule has 2 heterocycles. The molecule has 0 unspecified atom stereocenters. The largest absolute Gasteiger partial charge is 0.316 e. The van der Waals surface area contributed by atoms with E-state index in [1.165, 1.54) is 11.3 Å². The van der Waals surface area contributed by atoms with Crippen LogP contribution in [0.2, 0.25) is 0 Å². The minimum Gasteiger partial charge on any atom is -0.316 e. The van der Waals surface area contributed by atoms with Crippen LogP contribution in [-0.2, 0) is 10.0 Å². The molecule has 0 saturated carbocycles. The van der Waals surface area contributed by atoms with Gasteiger partial charge in [0.05, 0.1) is 0 Å². The molecule has 1 aromatic rings. The smallest absolute Gasteiger partial charge is 0.252 e. The van der Waals surface area contributed by atoms with Crippen molar-refractivity contribution in [3.63, 3.8) is 0 Å². The van der Waals surface area contributed by atoms with Gasteiger partial charge in [0.15, 0.2) is 0 Å². The summed E-state index contributed by atoms with van der Waals surface area (Å²) in [6.07, 6.45) is 1.91. The van der Waals surface area contributed by atoms with Crippen molar-refractivity contribution in [2.75, 3.05) is 26.2 Å². The van der Waals surface area contributed by atoms with E-state index in [-0.39, 0.29) is 0 Å². The third-order valence-electron chi connectivity index (χ3n) is 3.65. The van der Waals surface area contributed by atoms with Crippen molar-refractivity contribution in [2.24, 2.45) is 11.8 Å². The van der Waals surface area contributed by atoms with Crippen molar-refractivity contribution in [1.82, 2.24) is 9.62 Å². The molecule has 114 valence electrons. The molecule has 0 spiro atoms. The lowest BCUT2D eigenvalue weighted by molar-refractivity contribution is 0.266. The number of nitrogens with one attached hydrogen (secondary N) is 1. The van der Waals surface area contributed by atoms with E-state index in [1.54, 1.807) is 16.4 Å². The molecule has 1 aliphatic heterocycles. The van der Waals surface area contributed by atoms with Crippen LogP contribution < -0.4 is 5.32 Å². The van der Waals surface area contributed by atoms with E-state index in [0.717, 1.165) is 25.9 Å². The average Bonchev–Trinajstić information content (AvgIpc) is 2.93. The normalized spacial score (nSPS) is 18.8. The highest BCUT2D eigenvalue weighted by atomic mass is 32.2. The number of hydrogen-bond acceptors (Lipinski definition) is 4. The van der Waals surface area contributed by atoms with Gasteiger partial charge in [-0.05, 0) is 49.2 Å². The second kappa shape index (κ2) is 7.02. The zero-order valence-electron chi connectivity index (χ0n) is 12.2. The topological polar surface area (TPSA) is 49.4 Å². The summed E-state index contributed by atoms with van der Waals surface area (Å²) >= 11 is 1.30. The Bertz CT molecular complexity index is 489. The molecule has 0 radical (unpaired) electrons. The van der Waals surface area contributed by atoms with E-state index in [1.807, 2.05) is 5.38 Å². The Hall–Kier alpha value is -0.430. The maximum atomic E-state index is 12.4. The molecular formula is C14H24N2O2S2. The molecule has 4 nitrogen and oxygen atoms in total. The number of nitrogens with zero attached hydrogens (tertiary/aromatic N) is 1. The highest BCUT2D eigenvalue weighted by Gasteiger charge is 2.29. The fraction of sp³-hybridized carbons (Fsp3) is 0.714. The molecule has 20 heavy (non-hydrogen) atoms. The van der Waals surface area contributed by atoms with Crippen LogP contribution in [0.5, 0.6) is 0 Å². The lowest BCUT2D eigenvalue weighted by Crippen LogP contribution is -2.40. The van der Waals surface area contributed by atoms with Crippen LogP contribution in [0.4, 0.5) is 0 Å². The molecule has 0 amide bonds. The molecule has 1 N–H and O–H groups in total. The van der Waals surface area contributed by atoms with E-state index in [9.17, 15) is 8.42 Å². The summed E-state index contributed by atoms with van der Waals surface area (Å²) in [5, 5.41) is 5.28. The van der Waals surface area contributed by atoms with Gasteiger partial charge >= 0.3 is 0 Å². The first-order chi connectivity index (χ1) is 9.50. The van der Waals surface area contributed by atoms with Gasteiger partial charge in [0.1, 0.15) is 4.21 Å². The third kappa shape index (κ3) is 4.04. The van der Waals surface area contributed by atoms with E-state index in [4.69, 9.17) is 0 Å². The van der Waals surface area contributed by atoms with Gasteiger partial charge in [0.2, 0.25) is 0 Å². The summed E-state index contributed by atoms with van der Waals surface area (Å²) in [7, 11) is -3.24. The van der Waals surface area contributed by atoms with Crippen molar-refractivity contribution >= 4 is 21.4 Å². The van der Waals surface area contributed by atoms with Gasteiger partial charge in [-0.1, -0.05) is 19.9 Å². The maximum Gasteiger partial charge on any atom is 0.252 e. The van der Waals surface area contributed by atoms with Gasteiger partial charge in [0.25, 0.3) is 10.0 Å². The Morgan fingerprint density at radius 1 is 1.40 bits per heavy atom. The average molecular weight is 316 g/mol.